The first-order valence-electron chi connectivity index (χ1n) is 9.04. The summed E-state index contributed by atoms with van der Waals surface area (Å²) in [5.41, 5.74) is 1.80. The van der Waals surface area contributed by atoms with E-state index in [-0.39, 0.29) is 29.8 Å². The van der Waals surface area contributed by atoms with Crippen molar-refractivity contribution in [2.75, 3.05) is 14.1 Å². The second-order valence-corrected chi connectivity index (χ2v) is 7.07. The van der Waals surface area contributed by atoms with Crippen LogP contribution >= 0.6 is 0 Å². The van der Waals surface area contributed by atoms with Gasteiger partial charge in [0, 0.05) is 50.9 Å². The molecule has 1 heterocycles. The average molecular weight is 360 g/mol. The van der Waals surface area contributed by atoms with E-state index in [2.05, 4.69) is 15.6 Å². The van der Waals surface area contributed by atoms with Gasteiger partial charge >= 0.3 is 0 Å². The molecule has 1 aromatic rings. The molecule has 1 saturated carbocycles. The van der Waals surface area contributed by atoms with E-state index in [4.69, 9.17) is 0 Å². The van der Waals surface area contributed by atoms with Crippen LogP contribution in [0.2, 0.25) is 0 Å². The minimum absolute atomic E-state index is 0.0157. The quantitative estimate of drug-likeness (QED) is 0.722. The molecule has 26 heavy (non-hydrogen) atoms. The summed E-state index contributed by atoms with van der Waals surface area (Å²) >= 11 is 0. The Kier molecular flexibility index (Phi) is 7.12. The fourth-order valence-electron chi connectivity index (χ4n) is 2.93. The molecule has 0 bridgehead atoms. The smallest absolute Gasteiger partial charge is 0.224 e. The summed E-state index contributed by atoms with van der Waals surface area (Å²) in [5, 5.41) is 5.95. The van der Waals surface area contributed by atoms with Crippen molar-refractivity contribution in [1.29, 1.82) is 0 Å². The van der Waals surface area contributed by atoms with Crippen LogP contribution in [0.3, 0.4) is 0 Å². The molecule has 0 atom stereocenters. The van der Waals surface area contributed by atoms with Crippen LogP contribution in [-0.4, -0.2) is 53.8 Å². The van der Waals surface area contributed by atoms with Crippen molar-refractivity contribution in [2.24, 2.45) is 0 Å². The number of aryl methyl sites for hydroxylation is 1. The Morgan fingerprint density at radius 1 is 1.12 bits per heavy atom. The van der Waals surface area contributed by atoms with Gasteiger partial charge in [-0.05, 0) is 37.8 Å². The molecule has 1 aromatic heterocycles. The maximum Gasteiger partial charge on any atom is 0.224 e. The first-order chi connectivity index (χ1) is 12.3. The lowest BCUT2D eigenvalue weighted by molar-refractivity contribution is -0.129. The van der Waals surface area contributed by atoms with Gasteiger partial charge in [0.1, 0.15) is 0 Å². The SMILES string of the molecule is Cc1ncccc1CC(=O)NC1CC(NC(=O)CCCC(=O)N(C)C)C1. The molecular weight excluding hydrogens is 332 g/mol. The zero-order chi connectivity index (χ0) is 19.1. The Bertz CT molecular complexity index is 654. The first-order valence-corrected chi connectivity index (χ1v) is 9.04. The van der Waals surface area contributed by atoms with Crippen molar-refractivity contribution < 1.29 is 14.4 Å². The zero-order valence-electron chi connectivity index (χ0n) is 15.7. The molecule has 0 saturated heterocycles. The van der Waals surface area contributed by atoms with Crippen molar-refractivity contribution >= 4 is 17.7 Å². The Morgan fingerprint density at radius 2 is 1.77 bits per heavy atom. The summed E-state index contributed by atoms with van der Waals surface area (Å²) in [6, 6.07) is 3.96. The lowest BCUT2D eigenvalue weighted by Crippen LogP contribution is -2.54. The molecule has 3 amide bonds. The third-order valence-electron chi connectivity index (χ3n) is 4.63. The lowest BCUT2D eigenvalue weighted by atomic mass is 9.86. The monoisotopic (exact) mass is 360 g/mol. The number of hydrogen-bond donors (Lipinski definition) is 2. The van der Waals surface area contributed by atoms with Crippen molar-refractivity contribution in [1.82, 2.24) is 20.5 Å². The minimum Gasteiger partial charge on any atom is -0.353 e. The molecule has 2 N–H and O–H groups in total. The van der Waals surface area contributed by atoms with Gasteiger partial charge in [-0.1, -0.05) is 6.07 Å². The third-order valence-corrected chi connectivity index (χ3v) is 4.63. The highest BCUT2D eigenvalue weighted by molar-refractivity contribution is 5.80. The normalized spacial score (nSPS) is 18.6. The highest BCUT2D eigenvalue weighted by atomic mass is 16.2. The second kappa shape index (κ2) is 9.31. The number of carbonyl (C=O) groups excluding carboxylic acids is 3. The van der Waals surface area contributed by atoms with Crippen LogP contribution in [0, 0.1) is 6.92 Å². The molecule has 7 heteroatoms. The summed E-state index contributed by atoms with van der Waals surface area (Å²) in [7, 11) is 3.42. The van der Waals surface area contributed by atoms with Crippen molar-refractivity contribution in [2.45, 2.75) is 57.5 Å². The van der Waals surface area contributed by atoms with Gasteiger partial charge < -0.3 is 15.5 Å². The second-order valence-electron chi connectivity index (χ2n) is 7.07. The predicted octanol–water partition coefficient (Wildman–Crippen LogP) is 0.954. The Hall–Kier alpha value is -2.44. The van der Waals surface area contributed by atoms with Crippen LogP contribution in [0.15, 0.2) is 18.3 Å². The van der Waals surface area contributed by atoms with E-state index in [0.29, 0.717) is 25.7 Å². The number of nitrogens with one attached hydrogen (secondary N) is 2. The molecule has 1 aliphatic carbocycles. The first kappa shape index (κ1) is 19.9. The third kappa shape index (κ3) is 6.13. The summed E-state index contributed by atoms with van der Waals surface area (Å²) < 4.78 is 0. The lowest BCUT2D eigenvalue weighted by Gasteiger charge is -2.36. The molecule has 1 aliphatic rings. The zero-order valence-corrected chi connectivity index (χ0v) is 15.7. The van der Waals surface area contributed by atoms with Crippen LogP contribution < -0.4 is 10.6 Å². The topological polar surface area (TPSA) is 91.4 Å². The van der Waals surface area contributed by atoms with Gasteiger partial charge in [-0.2, -0.15) is 0 Å². The number of rotatable bonds is 8. The van der Waals surface area contributed by atoms with Crippen molar-refractivity contribution in [3.05, 3.63) is 29.6 Å². The van der Waals surface area contributed by atoms with E-state index in [1.807, 2.05) is 19.1 Å². The van der Waals surface area contributed by atoms with Crippen LogP contribution in [0.25, 0.3) is 0 Å². The molecule has 0 aliphatic heterocycles. The Morgan fingerprint density at radius 3 is 2.38 bits per heavy atom. The van der Waals surface area contributed by atoms with E-state index < -0.39 is 0 Å². The Balaban J connectivity index is 1.60. The van der Waals surface area contributed by atoms with Crippen LogP contribution in [0.5, 0.6) is 0 Å². The number of pyridine rings is 1. The molecule has 1 fully saturated rings. The molecule has 0 aromatic carbocycles. The summed E-state index contributed by atoms with van der Waals surface area (Å²) in [5.74, 6) is -0.0107. The van der Waals surface area contributed by atoms with Crippen molar-refractivity contribution in [3.8, 4) is 0 Å². The fourth-order valence-corrected chi connectivity index (χ4v) is 2.93. The van der Waals surface area contributed by atoms with E-state index in [0.717, 1.165) is 24.1 Å². The van der Waals surface area contributed by atoms with Gasteiger partial charge in [-0.25, -0.2) is 0 Å². The van der Waals surface area contributed by atoms with E-state index in [1.165, 1.54) is 4.90 Å². The maximum atomic E-state index is 12.1. The van der Waals surface area contributed by atoms with Crippen molar-refractivity contribution in [3.63, 3.8) is 0 Å². The molecule has 0 spiro atoms. The van der Waals surface area contributed by atoms with Gasteiger partial charge in [0.25, 0.3) is 0 Å². The number of nitrogens with zero attached hydrogens (tertiary/aromatic N) is 2. The highest BCUT2D eigenvalue weighted by Crippen LogP contribution is 2.20. The summed E-state index contributed by atoms with van der Waals surface area (Å²) in [6.07, 6.45) is 4.84. The minimum atomic E-state index is -0.0303. The highest BCUT2D eigenvalue weighted by Gasteiger charge is 2.31. The van der Waals surface area contributed by atoms with Gasteiger partial charge in [0.15, 0.2) is 0 Å². The van der Waals surface area contributed by atoms with Crippen LogP contribution in [0.4, 0.5) is 0 Å². The standard InChI is InChI=1S/C19H28N4O3/c1-13-14(6-5-9-20-13)10-18(25)22-16-11-15(12-16)21-17(24)7-4-8-19(26)23(2)3/h5-6,9,15-16H,4,7-8,10-12H2,1-3H3,(H,21,24)(H,22,25). The average Bonchev–Trinajstić information content (AvgIpc) is 2.54. The molecule has 0 radical (unpaired) electrons. The van der Waals surface area contributed by atoms with Crippen LogP contribution in [-0.2, 0) is 20.8 Å². The summed E-state index contributed by atoms with van der Waals surface area (Å²) in [6.45, 7) is 1.89. The van der Waals surface area contributed by atoms with Gasteiger partial charge in [0.2, 0.25) is 17.7 Å². The molecule has 2 rings (SSSR count). The maximum absolute atomic E-state index is 12.1. The van der Waals surface area contributed by atoms with Gasteiger partial charge in [0.05, 0.1) is 6.42 Å². The van der Waals surface area contributed by atoms with Crippen LogP contribution in [0.1, 0.15) is 43.4 Å². The van der Waals surface area contributed by atoms with Gasteiger partial charge in [-0.15, -0.1) is 0 Å². The largest absolute Gasteiger partial charge is 0.353 e. The molecular formula is C19H28N4O3. The molecule has 7 nitrogen and oxygen atoms in total. The number of aromatic nitrogens is 1. The molecule has 0 unspecified atom stereocenters. The fraction of sp³-hybridized carbons (Fsp3) is 0.579. The number of hydrogen-bond acceptors (Lipinski definition) is 4. The van der Waals surface area contributed by atoms with E-state index in [1.54, 1.807) is 20.3 Å². The Labute approximate surface area is 154 Å². The predicted molar refractivity (Wildman–Crippen MR) is 98.3 cm³/mol. The van der Waals surface area contributed by atoms with E-state index in [9.17, 15) is 14.4 Å². The van der Waals surface area contributed by atoms with E-state index >= 15 is 0 Å². The number of carbonyl (C=O) groups is 3. The van der Waals surface area contributed by atoms with Gasteiger partial charge in [-0.3, -0.25) is 19.4 Å². The summed E-state index contributed by atoms with van der Waals surface area (Å²) in [4.78, 5) is 41.1. The number of amides is 3. The molecule has 142 valence electrons.